The van der Waals surface area contributed by atoms with Crippen LogP contribution in [-0.4, -0.2) is 67.7 Å². The van der Waals surface area contributed by atoms with Crippen LogP contribution < -0.4 is 21.2 Å². The molecule has 0 aromatic heterocycles. The van der Waals surface area contributed by atoms with Crippen molar-refractivity contribution in [1.29, 1.82) is 0 Å². The van der Waals surface area contributed by atoms with Gasteiger partial charge in [-0.3, -0.25) is 14.4 Å². The second kappa shape index (κ2) is 12.7. The van der Waals surface area contributed by atoms with Gasteiger partial charge in [-0.25, -0.2) is 0 Å². The van der Waals surface area contributed by atoms with Crippen molar-refractivity contribution in [3.63, 3.8) is 0 Å². The standard InChI is InChI=1S/C17H33BN4O5/c1-4-13(16(24)19-5-2)22-17(25)14(11-20-18(3)26)21-15(23)10-12-8-6-7-9-27-12/h12-14,20,26H,4-11H2,1-3H3,(H,19,24)(H,21,23)(H,22,25). The zero-order chi connectivity index (χ0) is 20.2. The van der Waals surface area contributed by atoms with Crippen molar-refractivity contribution in [1.82, 2.24) is 21.2 Å². The lowest BCUT2D eigenvalue weighted by Crippen LogP contribution is -2.57. The van der Waals surface area contributed by atoms with Crippen LogP contribution >= 0.6 is 0 Å². The Morgan fingerprint density at radius 3 is 2.44 bits per heavy atom. The Kier molecular flexibility index (Phi) is 11.0. The molecule has 0 saturated carbocycles. The lowest BCUT2D eigenvalue weighted by Gasteiger charge is -2.25. The summed E-state index contributed by atoms with van der Waals surface area (Å²) in [6, 6.07) is -1.58. The summed E-state index contributed by atoms with van der Waals surface area (Å²) < 4.78 is 5.56. The number of nitrogens with one attached hydrogen (secondary N) is 4. The second-order valence-corrected chi connectivity index (χ2v) is 6.76. The highest BCUT2D eigenvalue weighted by atomic mass is 16.5. The first-order valence-corrected chi connectivity index (χ1v) is 9.77. The van der Waals surface area contributed by atoms with Crippen LogP contribution in [0.2, 0.25) is 6.82 Å². The number of carbonyl (C=O) groups is 3. The van der Waals surface area contributed by atoms with Gasteiger partial charge in [0.15, 0.2) is 0 Å². The predicted octanol–water partition coefficient (Wildman–Crippen LogP) is -0.839. The number of likely N-dealkylation sites (N-methyl/N-ethyl adjacent to an activating group) is 1. The SMILES string of the molecule is CCNC(=O)C(CC)NC(=O)C(CNB(C)O)NC(=O)CC1CCCCO1. The number of hydrogen-bond acceptors (Lipinski definition) is 6. The number of hydrogen-bond donors (Lipinski definition) is 5. The first-order valence-electron chi connectivity index (χ1n) is 9.77. The molecular formula is C17H33BN4O5. The second-order valence-electron chi connectivity index (χ2n) is 6.76. The van der Waals surface area contributed by atoms with Gasteiger partial charge in [0, 0.05) is 19.7 Å². The van der Waals surface area contributed by atoms with E-state index in [1.807, 2.05) is 0 Å². The van der Waals surface area contributed by atoms with Gasteiger partial charge < -0.3 is 30.9 Å². The molecule has 1 heterocycles. The van der Waals surface area contributed by atoms with Crippen LogP contribution in [0, 0.1) is 0 Å². The fourth-order valence-electron chi connectivity index (χ4n) is 2.85. The third-order valence-electron chi connectivity index (χ3n) is 4.35. The van der Waals surface area contributed by atoms with Gasteiger partial charge in [0.2, 0.25) is 17.7 Å². The molecular weight excluding hydrogens is 351 g/mol. The topological polar surface area (TPSA) is 129 Å². The zero-order valence-electron chi connectivity index (χ0n) is 16.5. The molecule has 154 valence electrons. The smallest absolute Gasteiger partial charge is 0.373 e. The van der Waals surface area contributed by atoms with Gasteiger partial charge in [0.1, 0.15) is 12.1 Å². The molecule has 1 fully saturated rings. The Morgan fingerprint density at radius 1 is 1.15 bits per heavy atom. The van der Waals surface area contributed by atoms with Gasteiger partial charge in [-0.2, -0.15) is 0 Å². The minimum Gasteiger partial charge on any atom is -0.437 e. The van der Waals surface area contributed by atoms with Gasteiger partial charge in [-0.15, -0.1) is 0 Å². The normalized spacial score (nSPS) is 18.9. The molecule has 10 heteroatoms. The molecule has 3 unspecified atom stereocenters. The van der Waals surface area contributed by atoms with E-state index < -0.39 is 25.0 Å². The van der Waals surface area contributed by atoms with E-state index in [2.05, 4.69) is 21.2 Å². The van der Waals surface area contributed by atoms with Crippen LogP contribution in [0.4, 0.5) is 0 Å². The van der Waals surface area contributed by atoms with Crippen LogP contribution in [0.3, 0.4) is 0 Å². The average Bonchev–Trinajstić information content (AvgIpc) is 2.63. The molecule has 5 N–H and O–H groups in total. The van der Waals surface area contributed by atoms with Gasteiger partial charge in [-0.05, 0) is 39.4 Å². The first-order chi connectivity index (χ1) is 12.9. The highest BCUT2D eigenvalue weighted by molar-refractivity contribution is 6.45. The minimum atomic E-state index is -0.904. The van der Waals surface area contributed by atoms with E-state index in [9.17, 15) is 19.4 Å². The Bertz CT molecular complexity index is 486. The summed E-state index contributed by atoms with van der Waals surface area (Å²) in [5.74, 6) is -1.03. The molecule has 0 aliphatic carbocycles. The molecule has 0 radical (unpaired) electrons. The predicted molar refractivity (Wildman–Crippen MR) is 103 cm³/mol. The monoisotopic (exact) mass is 384 g/mol. The van der Waals surface area contributed by atoms with E-state index in [-0.39, 0.29) is 30.9 Å². The summed E-state index contributed by atoms with van der Waals surface area (Å²) in [5.41, 5.74) is 0. The largest absolute Gasteiger partial charge is 0.437 e. The molecule has 9 nitrogen and oxygen atoms in total. The lowest BCUT2D eigenvalue weighted by molar-refractivity contribution is -0.133. The third-order valence-corrected chi connectivity index (χ3v) is 4.35. The van der Waals surface area contributed by atoms with Crippen molar-refractivity contribution in [3.05, 3.63) is 0 Å². The molecule has 1 rings (SSSR count). The van der Waals surface area contributed by atoms with Crippen molar-refractivity contribution < 1.29 is 24.1 Å². The number of ether oxygens (including phenoxy) is 1. The molecule has 0 bridgehead atoms. The lowest BCUT2D eigenvalue weighted by atomic mass is 9.88. The quantitative estimate of drug-likeness (QED) is 0.296. The summed E-state index contributed by atoms with van der Waals surface area (Å²) in [5, 5.41) is 20.2. The third kappa shape index (κ3) is 9.21. The Hall–Kier alpha value is -1.65. The van der Waals surface area contributed by atoms with E-state index in [1.54, 1.807) is 13.8 Å². The van der Waals surface area contributed by atoms with E-state index in [1.165, 1.54) is 6.82 Å². The number of carbonyl (C=O) groups excluding carboxylic acids is 3. The average molecular weight is 384 g/mol. The summed E-state index contributed by atoms with van der Waals surface area (Å²) in [6.45, 7) is 6.28. The highest BCUT2D eigenvalue weighted by Gasteiger charge is 2.27. The van der Waals surface area contributed by atoms with Crippen LogP contribution in [0.25, 0.3) is 0 Å². The molecule has 1 aliphatic rings. The van der Waals surface area contributed by atoms with Gasteiger partial charge in [-0.1, -0.05) is 6.92 Å². The zero-order valence-corrected chi connectivity index (χ0v) is 16.5. The number of rotatable bonds is 11. The summed E-state index contributed by atoms with van der Waals surface area (Å²) >= 11 is 0. The van der Waals surface area contributed by atoms with Crippen molar-refractivity contribution in [2.24, 2.45) is 0 Å². The van der Waals surface area contributed by atoms with Crippen molar-refractivity contribution in [3.8, 4) is 0 Å². The van der Waals surface area contributed by atoms with Gasteiger partial charge in [0.05, 0.1) is 12.5 Å². The van der Waals surface area contributed by atoms with E-state index in [0.717, 1.165) is 19.3 Å². The van der Waals surface area contributed by atoms with Crippen LogP contribution in [-0.2, 0) is 19.1 Å². The molecule has 0 aromatic carbocycles. The van der Waals surface area contributed by atoms with Crippen LogP contribution in [0.15, 0.2) is 0 Å². The summed E-state index contributed by atoms with van der Waals surface area (Å²) in [4.78, 5) is 36.9. The maximum Gasteiger partial charge on any atom is 0.373 e. The van der Waals surface area contributed by atoms with Crippen molar-refractivity contribution >= 4 is 24.8 Å². The Morgan fingerprint density at radius 2 is 1.89 bits per heavy atom. The molecule has 1 aliphatic heterocycles. The van der Waals surface area contributed by atoms with Crippen molar-refractivity contribution in [2.75, 3.05) is 19.7 Å². The molecule has 1 saturated heterocycles. The molecule has 3 amide bonds. The summed E-state index contributed by atoms with van der Waals surface area (Å²) in [6.07, 6.45) is 3.33. The fourth-order valence-corrected chi connectivity index (χ4v) is 2.85. The highest BCUT2D eigenvalue weighted by Crippen LogP contribution is 2.15. The van der Waals surface area contributed by atoms with E-state index in [0.29, 0.717) is 19.6 Å². The maximum atomic E-state index is 12.6. The van der Waals surface area contributed by atoms with Gasteiger partial charge in [0.25, 0.3) is 0 Å². The fraction of sp³-hybridized carbons (Fsp3) is 0.824. The summed E-state index contributed by atoms with van der Waals surface area (Å²) in [7, 11) is -0.829. The maximum absolute atomic E-state index is 12.6. The van der Waals surface area contributed by atoms with E-state index in [4.69, 9.17) is 4.74 Å². The first kappa shape index (κ1) is 23.4. The molecule has 0 aromatic rings. The number of amides is 3. The van der Waals surface area contributed by atoms with Crippen molar-refractivity contribution in [2.45, 2.75) is 71.0 Å². The minimum absolute atomic E-state index is 0.0482. The molecule has 0 spiro atoms. The Labute approximate surface area is 161 Å². The van der Waals surface area contributed by atoms with E-state index >= 15 is 0 Å². The molecule has 27 heavy (non-hydrogen) atoms. The Balaban J connectivity index is 2.65. The van der Waals surface area contributed by atoms with Crippen LogP contribution in [0.1, 0.15) is 46.0 Å². The molecule has 3 atom stereocenters. The van der Waals surface area contributed by atoms with Gasteiger partial charge >= 0.3 is 7.05 Å². The van der Waals surface area contributed by atoms with Crippen LogP contribution in [0.5, 0.6) is 0 Å².